The summed E-state index contributed by atoms with van der Waals surface area (Å²) in [6.07, 6.45) is -0.0155. The van der Waals surface area contributed by atoms with E-state index >= 15 is 0 Å². The van der Waals surface area contributed by atoms with Crippen LogP contribution in [0.15, 0.2) is 30.3 Å². The summed E-state index contributed by atoms with van der Waals surface area (Å²) in [5.41, 5.74) is 1.73. The Balaban J connectivity index is 1.50. The van der Waals surface area contributed by atoms with Crippen LogP contribution in [0.4, 0.5) is 8.78 Å². The molecule has 1 unspecified atom stereocenters. The van der Waals surface area contributed by atoms with Crippen molar-refractivity contribution in [3.8, 4) is 11.4 Å². The van der Waals surface area contributed by atoms with E-state index in [1.165, 1.54) is 6.07 Å². The molecule has 5 rings (SSSR count). The fourth-order valence-corrected chi connectivity index (χ4v) is 5.07. The molecule has 32 heavy (non-hydrogen) atoms. The number of hydrogen-bond donors (Lipinski definition) is 1. The van der Waals surface area contributed by atoms with Gasteiger partial charge in [-0.15, -0.1) is 10.2 Å². The number of nitrogens with zero attached hydrogens (tertiary/aromatic N) is 4. The zero-order chi connectivity index (χ0) is 22.6. The van der Waals surface area contributed by atoms with Crippen molar-refractivity contribution in [1.82, 2.24) is 19.7 Å². The molecule has 9 heteroatoms. The number of benzene rings is 2. The molecule has 0 spiro atoms. The Hall–Kier alpha value is -2.55. The summed E-state index contributed by atoms with van der Waals surface area (Å²) >= 11 is 6.57. The van der Waals surface area contributed by atoms with Crippen molar-refractivity contribution in [2.45, 2.75) is 44.9 Å². The Morgan fingerprint density at radius 3 is 2.53 bits per heavy atom. The Bertz CT molecular complexity index is 1170. The zero-order valence-electron chi connectivity index (χ0n) is 17.7. The maximum absolute atomic E-state index is 14.6. The zero-order valence-corrected chi connectivity index (χ0v) is 18.5. The summed E-state index contributed by atoms with van der Waals surface area (Å²) in [6, 6.07) is 7.37. The molecule has 2 aliphatic rings. The normalized spacial score (nSPS) is 23.0. The molecule has 0 bridgehead atoms. The first-order valence-electron chi connectivity index (χ1n) is 10.6. The molecule has 1 fully saturated rings. The average molecular weight is 461 g/mol. The maximum Gasteiger partial charge on any atom is 0.140 e. The van der Waals surface area contributed by atoms with Gasteiger partial charge in [-0.25, -0.2) is 8.78 Å². The highest BCUT2D eigenvalue weighted by Gasteiger charge is 2.42. The molecule has 0 amide bonds. The largest absolute Gasteiger partial charge is 0.482 e. The third-order valence-electron chi connectivity index (χ3n) is 6.34. The maximum atomic E-state index is 14.6. The van der Waals surface area contributed by atoms with E-state index in [1.807, 2.05) is 24.5 Å². The molecular weight excluding hydrogens is 438 g/mol. The van der Waals surface area contributed by atoms with Gasteiger partial charge < -0.3 is 9.84 Å². The molecule has 0 saturated carbocycles. The van der Waals surface area contributed by atoms with E-state index in [0.29, 0.717) is 47.8 Å². The lowest BCUT2D eigenvalue weighted by molar-refractivity contribution is 0.0817. The minimum Gasteiger partial charge on any atom is -0.482 e. The fourth-order valence-electron chi connectivity index (χ4n) is 4.85. The Morgan fingerprint density at radius 2 is 1.88 bits per heavy atom. The lowest BCUT2D eigenvalue weighted by atomic mass is 10.1. The van der Waals surface area contributed by atoms with E-state index < -0.39 is 23.8 Å². The second kappa shape index (κ2) is 8.10. The predicted molar refractivity (Wildman–Crippen MR) is 115 cm³/mol. The molecule has 2 heterocycles. The third-order valence-corrected chi connectivity index (χ3v) is 6.64. The van der Waals surface area contributed by atoms with E-state index in [9.17, 15) is 13.9 Å². The molecule has 1 aliphatic carbocycles. The number of likely N-dealkylation sites (tertiary alicyclic amines) is 1. The van der Waals surface area contributed by atoms with Crippen LogP contribution in [0.5, 0.6) is 5.75 Å². The van der Waals surface area contributed by atoms with Crippen molar-refractivity contribution < 1.29 is 18.6 Å². The molecule has 6 nitrogen and oxygen atoms in total. The third kappa shape index (κ3) is 3.66. The van der Waals surface area contributed by atoms with E-state index in [4.69, 9.17) is 16.3 Å². The highest BCUT2D eigenvalue weighted by molar-refractivity contribution is 6.32. The van der Waals surface area contributed by atoms with E-state index in [0.717, 1.165) is 23.4 Å². The van der Waals surface area contributed by atoms with Crippen LogP contribution in [0.25, 0.3) is 5.69 Å². The number of hydrogen-bond acceptors (Lipinski definition) is 5. The standard InChI is InChI=1S/C23H23ClF2N4O2/c1-12-27-28-13(2)30(12)15-3-4-22(19(24)9-15)32-23-18-7-14(25)8-20(26)17(18)10-21(23)29-6-5-16(31)11-29/h3-4,7-9,16,21,23,31H,5-6,10-11H2,1-2H3/t16?,21-,23-/m0/s1. The van der Waals surface area contributed by atoms with Crippen molar-refractivity contribution in [1.29, 1.82) is 0 Å². The Morgan fingerprint density at radius 1 is 1.12 bits per heavy atom. The molecule has 2 aromatic carbocycles. The molecule has 1 saturated heterocycles. The number of aliphatic hydroxyl groups is 1. The van der Waals surface area contributed by atoms with Gasteiger partial charge in [0.25, 0.3) is 0 Å². The summed E-state index contributed by atoms with van der Waals surface area (Å²) in [5, 5.41) is 18.5. The number of β-amino-alcohol motifs (C(OH)–C–C–N with tert-alkyl or cyclic N) is 1. The van der Waals surface area contributed by atoms with Crippen molar-refractivity contribution in [2.24, 2.45) is 0 Å². The summed E-state index contributed by atoms with van der Waals surface area (Å²) in [6.45, 7) is 4.85. The van der Waals surface area contributed by atoms with Gasteiger partial charge in [-0.05, 0) is 56.5 Å². The van der Waals surface area contributed by atoms with Crippen LogP contribution >= 0.6 is 11.6 Å². The Kier molecular flexibility index (Phi) is 5.39. The summed E-state index contributed by atoms with van der Waals surface area (Å²) < 4.78 is 36.8. The Labute approximate surface area is 189 Å². The first-order chi connectivity index (χ1) is 15.3. The van der Waals surface area contributed by atoms with Gasteiger partial charge in [0.05, 0.1) is 22.9 Å². The van der Waals surface area contributed by atoms with Gasteiger partial charge in [-0.3, -0.25) is 9.47 Å². The van der Waals surface area contributed by atoms with Gasteiger partial charge in [0.1, 0.15) is 35.1 Å². The lowest BCUT2D eigenvalue weighted by Gasteiger charge is -2.30. The van der Waals surface area contributed by atoms with Gasteiger partial charge in [0.2, 0.25) is 0 Å². The van der Waals surface area contributed by atoms with Gasteiger partial charge in [-0.1, -0.05) is 11.6 Å². The second-order valence-electron chi connectivity index (χ2n) is 8.45. The molecule has 168 valence electrons. The van der Waals surface area contributed by atoms with E-state index in [-0.39, 0.29) is 6.04 Å². The minimum atomic E-state index is -0.642. The molecule has 1 aliphatic heterocycles. The number of halogens is 3. The monoisotopic (exact) mass is 460 g/mol. The average Bonchev–Trinajstić information content (AvgIpc) is 3.41. The quantitative estimate of drug-likeness (QED) is 0.639. The number of aryl methyl sites for hydroxylation is 2. The first kappa shape index (κ1) is 21.3. The van der Waals surface area contributed by atoms with Crippen molar-refractivity contribution in [3.05, 3.63) is 69.8 Å². The van der Waals surface area contributed by atoms with E-state index in [2.05, 4.69) is 15.1 Å². The summed E-state index contributed by atoms with van der Waals surface area (Å²) in [7, 11) is 0. The van der Waals surface area contributed by atoms with Crippen LogP contribution in [-0.2, 0) is 6.42 Å². The molecule has 1 aromatic heterocycles. The predicted octanol–water partition coefficient (Wildman–Crippen LogP) is 3.93. The van der Waals surface area contributed by atoms with Crippen molar-refractivity contribution >= 4 is 11.6 Å². The summed E-state index contributed by atoms with van der Waals surface area (Å²) in [4.78, 5) is 2.08. The molecule has 1 N–H and O–H groups in total. The number of rotatable bonds is 4. The second-order valence-corrected chi connectivity index (χ2v) is 8.85. The number of aliphatic hydroxyl groups excluding tert-OH is 1. The minimum absolute atomic E-state index is 0.225. The van der Waals surface area contributed by atoms with Crippen LogP contribution in [-0.4, -0.2) is 50.0 Å². The highest BCUT2D eigenvalue weighted by Crippen LogP contribution is 2.42. The van der Waals surface area contributed by atoms with Crippen molar-refractivity contribution in [3.63, 3.8) is 0 Å². The SMILES string of the molecule is Cc1nnc(C)n1-c1ccc(O[C@H]2c3cc(F)cc(F)c3C[C@@H]2N2CCC(O)C2)c(Cl)c1. The van der Waals surface area contributed by atoms with Crippen LogP contribution in [0, 0.1) is 25.5 Å². The number of aromatic nitrogens is 3. The molecule has 3 aromatic rings. The number of fused-ring (bicyclic) bond motifs is 1. The van der Waals surface area contributed by atoms with Gasteiger partial charge >= 0.3 is 0 Å². The first-order valence-corrected chi connectivity index (χ1v) is 10.9. The highest BCUT2D eigenvalue weighted by atomic mass is 35.5. The van der Waals surface area contributed by atoms with Gasteiger partial charge in [0, 0.05) is 24.7 Å². The molecular formula is C23H23ClF2N4O2. The molecule has 0 radical (unpaired) electrons. The van der Waals surface area contributed by atoms with Gasteiger partial charge in [-0.2, -0.15) is 0 Å². The molecule has 3 atom stereocenters. The van der Waals surface area contributed by atoms with Gasteiger partial charge in [0.15, 0.2) is 0 Å². The fraction of sp³-hybridized carbons (Fsp3) is 0.391. The van der Waals surface area contributed by atoms with Crippen LogP contribution < -0.4 is 4.74 Å². The topological polar surface area (TPSA) is 63.4 Å². The van der Waals surface area contributed by atoms with Crippen molar-refractivity contribution in [2.75, 3.05) is 13.1 Å². The van der Waals surface area contributed by atoms with E-state index in [1.54, 1.807) is 12.1 Å². The lowest BCUT2D eigenvalue weighted by Crippen LogP contribution is -2.39. The smallest absolute Gasteiger partial charge is 0.140 e. The number of ether oxygens (including phenoxy) is 1. The van der Waals surface area contributed by atoms with Crippen LogP contribution in [0.1, 0.15) is 35.3 Å². The summed E-state index contributed by atoms with van der Waals surface area (Å²) in [5.74, 6) is 0.671. The van der Waals surface area contributed by atoms with Crippen LogP contribution in [0.3, 0.4) is 0 Å². The van der Waals surface area contributed by atoms with Crippen LogP contribution in [0.2, 0.25) is 5.02 Å².